The number of carbonyl (C=O) groups excluding carboxylic acids is 1. The number of ether oxygens (including phenoxy) is 1. The lowest BCUT2D eigenvalue weighted by molar-refractivity contribution is 0.0600. The first-order valence-electron chi connectivity index (χ1n) is 6.32. The summed E-state index contributed by atoms with van der Waals surface area (Å²) in [5.41, 5.74) is 1.84. The first kappa shape index (κ1) is 16.0. The number of hydrogen-bond donors (Lipinski definition) is 1. The van der Waals surface area contributed by atoms with E-state index in [1.165, 1.54) is 12.7 Å². The maximum absolute atomic E-state index is 11.3. The van der Waals surface area contributed by atoms with E-state index in [0.29, 0.717) is 11.6 Å². The SMILES string of the molecule is COC(=O)c1ccc(CN2CCNC[C@@H]2C)cc1.Cl. The van der Waals surface area contributed by atoms with Gasteiger partial charge in [-0.3, -0.25) is 4.90 Å². The molecule has 2 rings (SSSR count). The maximum Gasteiger partial charge on any atom is 0.337 e. The zero-order valence-corrected chi connectivity index (χ0v) is 12.2. The van der Waals surface area contributed by atoms with Crippen LogP contribution in [0.1, 0.15) is 22.8 Å². The molecule has 106 valence electrons. The highest BCUT2D eigenvalue weighted by Gasteiger charge is 2.17. The second-order valence-electron chi connectivity index (χ2n) is 4.71. The number of esters is 1. The van der Waals surface area contributed by atoms with Crippen molar-refractivity contribution in [2.24, 2.45) is 0 Å². The average Bonchev–Trinajstić information content (AvgIpc) is 2.41. The summed E-state index contributed by atoms with van der Waals surface area (Å²) in [4.78, 5) is 13.8. The summed E-state index contributed by atoms with van der Waals surface area (Å²) in [7, 11) is 1.40. The van der Waals surface area contributed by atoms with Gasteiger partial charge in [0.25, 0.3) is 0 Å². The Hall–Kier alpha value is -1.10. The third kappa shape index (κ3) is 4.20. The lowest BCUT2D eigenvalue weighted by Gasteiger charge is -2.33. The van der Waals surface area contributed by atoms with Crippen LogP contribution in [0, 0.1) is 0 Å². The minimum Gasteiger partial charge on any atom is -0.465 e. The van der Waals surface area contributed by atoms with Gasteiger partial charge in [-0.1, -0.05) is 12.1 Å². The Morgan fingerprint density at radius 2 is 2.11 bits per heavy atom. The van der Waals surface area contributed by atoms with Gasteiger partial charge in [0, 0.05) is 32.2 Å². The number of benzene rings is 1. The Morgan fingerprint density at radius 1 is 1.42 bits per heavy atom. The number of carbonyl (C=O) groups is 1. The van der Waals surface area contributed by atoms with Crippen LogP contribution in [0.25, 0.3) is 0 Å². The summed E-state index contributed by atoms with van der Waals surface area (Å²) in [6, 6.07) is 8.21. The molecule has 0 aromatic heterocycles. The molecular formula is C14H21ClN2O2. The summed E-state index contributed by atoms with van der Waals surface area (Å²) < 4.78 is 4.69. The van der Waals surface area contributed by atoms with E-state index in [0.717, 1.165) is 26.2 Å². The van der Waals surface area contributed by atoms with Crippen LogP contribution in [-0.4, -0.2) is 43.7 Å². The zero-order chi connectivity index (χ0) is 13.0. The molecule has 0 unspecified atom stereocenters. The summed E-state index contributed by atoms with van der Waals surface area (Å²) in [5, 5.41) is 3.38. The molecule has 1 aromatic carbocycles. The molecule has 0 saturated carbocycles. The quantitative estimate of drug-likeness (QED) is 0.858. The Labute approximate surface area is 120 Å². The van der Waals surface area contributed by atoms with Crippen molar-refractivity contribution in [3.63, 3.8) is 0 Å². The Morgan fingerprint density at radius 3 is 2.68 bits per heavy atom. The third-order valence-electron chi connectivity index (χ3n) is 3.40. The molecule has 1 fully saturated rings. The fourth-order valence-corrected chi connectivity index (χ4v) is 2.22. The van der Waals surface area contributed by atoms with Crippen LogP contribution in [-0.2, 0) is 11.3 Å². The van der Waals surface area contributed by atoms with E-state index in [9.17, 15) is 4.79 Å². The number of nitrogens with one attached hydrogen (secondary N) is 1. The highest BCUT2D eigenvalue weighted by molar-refractivity contribution is 5.89. The van der Waals surface area contributed by atoms with E-state index in [1.54, 1.807) is 0 Å². The molecule has 1 aliphatic rings. The number of rotatable bonds is 3. The molecule has 19 heavy (non-hydrogen) atoms. The number of nitrogens with zero attached hydrogens (tertiary/aromatic N) is 1. The molecule has 1 saturated heterocycles. The van der Waals surface area contributed by atoms with Gasteiger partial charge in [-0.2, -0.15) is 0 Å². The van der Waals surface area contributed by atoms with Gasteiger partial charge in [-0.25, -0.2) is 4.79 Å². The zero-order valence-electron chi connectivity index (χ0n) is 11.4. The van der Waals surface area contributed by atoms with Gasteiger partial charge in [0.2, 0.25) is 0 Å². The first-order valence-corrected chi connectivity index (χ1v) is 6.32. The first-order chi connectivity index (χ1) is 8.70. The smallest absolute Gasteiger partial charge is 0.337 e. The fraction of sp³-hybridized carbons (Fsp3) is 0.500. The topological polar surface area (TPSA) is 41.6 Å². The van der Waals surface area contributed by atoms with Crippen molar-refractivity contribution < 1.29 is 9.53 Å². The minimum atomic E-state index is -0.280. The van der Waals surface area contributed by atoms with Crippen molar-refractivity contribution in [3.05, 3.63) is 35.4 Å². The van der Waals surface area contributed by atoms with Gasteiger partial charge in [0.1, 0.15) is 0 Å². The molecule has 4 nitrogen and oxygen atoms in total. The highest BCUT2D eigenvalue weighted by atomic mass is 35.5. The van der Waals surface area contributed by atoms with E-state index in [-0.39, 0.29) is 18.4 Å². The Kier molecular flexibility index (Phi) is 6.28. The lowest BCUT2D eigenvalue weighted by Crippen LogP contribution is -2.49. The molecule has 1 aromatic rings. The van der Waals surface area contributed by atoms with Gasteiger partial charge in [-0.05, 0) is 24.6 Å². The van der Waals surface area contributed by atoms with Gasteiger partial charge in [0.05, 0.1) is 12.7 Å². The van der Waals surface area contributed by atoms with Crippen LogP contribution < -0.4 is 5.32 Å². The summed E-state index contributed by atoms with van der Waals surface area (Å²) in [6.07, 6.45) is 0. The van der Waals surface area contributed by atoms with E-state index in [4.69, 9.17) is 0 Å². The molecule has 0 spiro atoms. The summed E-state index contributed by atoms with van der Waals surface area (Å²) >= 11 is 0. The van der Waals surface area contributed by atoms with Crippen LogP contribution in [0.4, 0.5) is 0 Å². The standard InChI is InChI=1S/C14H20N2O2.ClH/c1-11-9-15-7-8-16(11)10-12-3-5-13(6-4-12)14(17)18-2;/h3-6,11,15H,7-10H2,1-2H3;1H/t11-;/m0./s1. The lowest BCUT2D eigenvalue weighted by atomic mass is 10.1. The number of piperazine rings is 1. The number of methoxy groups -OCH3 is 1. The molecule has 1 atom stereocenters. The molecule has 1 aliphatic heterocycles. The number of hydrogen-bond acceptors (Lipinski definition) is 4. The highest BCUT2D eigenvalue weighted by Crippen LogP contribution is 2.11. The van der Waals surface area contributed by atoms with Gasteiger partial charge >= 0.3 is 5.97 Å². The third-order valence-corrected chi connectivity index (χ3v) is 3.40. The molecule has 0 bridgehead atoms. The van der Waals surface area contributed by atoms with Crippen molar-refractivity contribution in [1.29, 1.82) is 0 Å². The van der Waals surface area contributed by atoms with E-state index in [1.807, 2.05) is 24.3 Å². The maximum atomic E-state index is 11.3. The second-order valence-corrected chi connectivity index (χ2v) is 4.71. The van der Waals surface area contributed by atoms with Gasteiger partial charge < -0.3 is 10.1 Å². The van der Waals surface area contributed by atoms with E-state index < -0.39 is 0 Å². The van der Waals surface area contributed by atoms with Crippen molar-refractivity contribution in [2.75, 3.05) is 26.7 Å². The van der Waals surface area contributed by atoms with Crippen LogP contribution in [0.2, 0.25) is 0 Å². The molecular weight excluding hydrogens is 264 g/mol. The molecule has 0 aliphatic carbocycles. The largest absolute Gasteiger partial charge is 0.465 e. The normalized spacial score (nSPS) is 19.6. The second kappa shape index (κ2) is 7.48. The monoisotopic (exact) mass is 284 g/mol. The summed E-state index contributed by atoms with van der Waals surface area (Å²) in [6.45, 7) is 6.32. The van der Waals surface area contributed by atoms with Crippen molar-refractivity contribution in [3.8, 4) is 0 Å². The van der Waals surface area contributed by atoms with Gasteiger partial charge in [-0.15, -0.1) is 12.4 Å². The Bertz CT molecular complexity index is 408. The number of halogens is 1. The van der Waals surface area contributed by atoms with Gasteiger partial charge in [0.15, 0.2) is 0 Å². The van der Waals surface area contributed by atoms with Crippen LogP contribution in [0.15, 0.2) is 24.3 Å². The van der Waals surface area contributed by atoms with Crippen molar-refractivity contribution in [1.82, 2.24) is 10.2 Å². The average molecular weight is 285 g/mol. The van der Waals surface area contributed by atoms with E-state index in [2.05, 4.69) is 21.9 Å². The molecule has 1 heterocycles. The predicted molar refractivity (Wildman–Crippen MR) is 77.8 cm³/mol. The molecule has 5 heteroatoms. The predicted octanol–water partition coefficient (Wildman–Crippen LogP) is 1.69. The molecule has 1 N–H and O–H groups in total. The molecule has 0 amide bonds. The van der Waals surface area contributed by atoms with Crippen LogP contribution >= 0.6 is 12.4 Å². The minimum absolute atomic E-state index is 0. The van der Waals surface area contributed by atoms with Crippen LogP contribution in [0.3, 0.4) is 0 Å². The molecule has 0 radical (unpaired) electrons. The Balaban J connectivity index is 0.00000180. The fourth-order valence-electron chi connectivity index (χ4n) is 2.22. The van der Waals surface area contributed by atoms with Crippen LogP contribution in [0.5, 0.6) is 0 Å². The van der Waals surface area contributed by atoms with Crippen molar-refractivity contribution >= 4 is 18.4 Å². The van der Waals surface area contributed by atoms with Crippen molar-refractivity contribution in [2.45, 2.75) is 19.5 Å². The van der Waals surface area contributed by atoms with E-state index >= 15 is 0 Å². The summed E-state index contributed by atoms with van der Waals surface area (Å²) in [5.74, 6) is -0.280.